The van der Waals surface area contributed by atoms with Crippen molar-refractivity contribution in [1.29, 1.82) is 0 Å². The van der Waals surface area contributed by atoms with Crippen LogP contribution in [0.5, 0.6) is 6.01 Å². The van der Waals surface area contributed by atoms with E-state index < -0.39 is 17.4 Å². The average Bonchev–Trinajstić information content (AvgIpc) is 2.37. The summed E-state index contributed by atoms with van der Waals surface area (Å²) in [6, 6.07) is 0.538. The molecule has 1 saturated carbocycles. The topological polar surface area (TPSA) is 61.0 Å². The van der Waals surface area contributed by atoms with Gasteiger partial charge in [0, 0.05) is 6.20 Å². The molecule has 1 heterocycles. The van der Waals surface area contributed by atoms with Gasteiger partial charge in [0.1, 0.15) is 6.61 Å². The molecule has 0 spiro atoms. The Bertz CT molecular complexity index is 430. The van der Waals surface area contributed by atoms with Crippen molar-refractivity contribution in [2.45, 2.75) is 43.8 Å². The van der Waals surface area contributed by atoms with Crippen LogP contribution < -0.4 is 10.5 Å². The number of ether oxygens (including phenoxy) is 1. The third kappa shape index (κ3) is 3.79. The largest absolute Gasteiger partial charge is 0.461 e. The Labute approximate surface area is 109 Å². The Morgan fingerprint density at radius 1 is 1.26 bits per heavy atom. The van der Waals surface area contributed by atoms with Crippen LogP contribution in [0.2, 0.25) is 0 Å². The van der Waals surface area contributed by atoms with E-state index in [1.165, 1.54) is 0 Å². The van der Waals surface area contributed by atoms with Gasteiger partial charge in [-0.1, -0.05) is 19.3 Å². The van der Waals surface area contributed by atoms with Crippen LogP contribution in [-0.2, 0) is 6.18 Å². The minimum absolute atomic E-state index is 0.147. The molecule has 0 unspecified atom stereocenters. The lowest BCUT2D eigenvalue weighted by molar-refractivity contribution is -0.141. The first-order chi connectivity index (χ1) is 8.89. The molecule has 1 aromatic heterocycles. The highest BCUT2D eigenvalue weighted by Crippen LogP contribution is 2.29. The van der Waals surface area contributed by atoms with Crippen molar-refractivity contribution in [2.24, 2.45) is 5.73 Å². The number of hydrogen-bond acceptors (Lipinski definition) is 4. The Hall–Kier alpha value is -1.37. The molecule has 19 heavy (non-hydrogen) atoms. The van der Waals surface area contributed by atoms with Gasteiger partial charge in [0.05, 0.1) is 5.54 Å². The summed E-state index contributed by atoms with van der Waals surface area (Å²) in [7, 11) is 0. The Morgan fingerprint density at radius 3 is 2.58 bits per heavy atom. The van der Waals surface area contributed by atoms with Crippen molar-refractivity contribution in [2.75, 3.05) is 6.61 Å². The first-order valence-corrected chi connectivity index (χ1v) is 6.21. The Balaban J connectivity index is 1.99. The van der Waals surface area contributed by atoms with Crippen LogP contribution in [0.4, 0.5) is 13.2 Å². The molecule has 0 bridgehead atoms. The zero-order chi connectivity index (χ0) is 13.9. The lowest BCUT2D eigenvalue weighted by Gasteiger charge is -2.32. The molecule has 0 aromatic carbocycles. The van der Waals surface area contributed by atoms with Gasteiger partial charge in [0.15, 0.2) is 5.69 Å². The number of nitrogens with zero attached hydrogens (tertiary/aromatic N) is 2. The van der Waals surface area contributed by atoms with Crippen molar-refractivity contribution >= 4 is 0 Å². The molecular formula is C12H16F3N3O. The van der Waals surface area contributed by atoms with Crippen molar-refractivity contribution in [3.05, 3.63) is 18.0 Å². The smallest absolute Gasteiger partial charge is 0.433 e. The zero-order valence-corrected chi connectivity index (χ0v) is 10.4. The number of halogens is 3. The van der Waals surface area contributed by atoms with Crippen LogP contribution in [0.15, 0.2) is 12.3 Å². The fourth-order valence-corrected chi connectivity index (χ4v) is 2.18. The van der Waals surface area contributed by atoms with Gasteiger partial charge < -0.3 is 10.5 Å². The summed E-state index contributed by atoms with van der Waals surface area (Å²) in [5.41, 5.74) is 4.64. The van der Waals surface area contributed by atoms with Crippen LogP contribution >= 0.6 is 0 Å². The van der Waals surface area contributed by atoms with Crippen LogP contribution in [0.3, 0.4) is 0 Å². The fourth-order valence-electron chi connectivity index (χ4n) is 2.18. The number of aromatic nitrogens is 2. The number of rotatable bonds is 3. The second kappa shape index (κ2) is 5.32. The second-order valence-electron chi connectivity index (χ2n) is 4.93. The summed E-state index contributed by atoms with van der Waals surface area (Å²) in [6.45, 7) is 0.147. The van der Waals surface area contributed by atoms with Gasteiger partial charge in [-0.15, -0.1) is 0 Å². The standard InChI is InChI=1S/C12H16F3N3O/c13-12(14,15)9-4-7-17-10(18-9)19-8-11(16)5-2-1-3-6-11/h4,7H,1-3,5-6,8,16H2. The molecule has 2 rings (SSSR count). The number of nitrogens with two attached hydrogens (primary N) is 1. The van der Waals surface area contributed by atoms with Crippen molar-refractivity contribution in [3.8, 4) is 6.01 Å². The van der Waals surface area contributed by atoms with Crippen molar-refractivity contribution < 1.29 is 17.9 Å². The summed E-state index contributed by atoms with van der Waals surface area (Å²) < 4.78 is 42.6. The van der Waals surface area contributed by atoms with Crippen molar-refractivity contribution in [3.63, 3.8) is 0 Å². The maximum atomic E-state index is 12.5. The van der Waals surface area contributed by atoms with E-state index in [0.29, 0.717) is 0 Å². The molecule has 1 aliphatic rings. The molecule has 4 nitrogen and oxygen atoms in total. The highest BCUT2D eigenvalue weighted by Gasteiger charge is 2.33. The maximum Gasteiger partial charge on any atom is 0.433 e. The molecular weight excluding hydrogens is 259 g/mol. The first kappa shape index (κ1) is 14.0. The summed E-state index contributed by atoms with van der Waals surface area (Å²) >= 11 is 0. The zero-order valence-electron chi connectivity index (χ0n) is 10.4. The van der Waals surface area contributed by atoms with Crippen molar-refractivity contribution in [1.82, 2.24) is 9.97 Å². The predicted molar refractivity (Wildman–Crippen MR) is 62.5 cm³/mol. The molecule has 0 atom stereocenters. The van der Waals surface area contributed by atoms with E-state index in [0.717, 1.165) is 44.4 Å². The summed E-state index contributed by atoms with van der Waals surface area (Å²) in [5, 5.41) is 0. The summed E-state index contributed by atoms with van der Waals surface area (Å²) in [5.74, 6) is 0. The molecule has 0 saturated heterocycles. The molecule has 1 aliphatic carbocycles. The normalized spacial score (nSPS) is 19.2. The predicted octanol–water partition coefficient (Wildman–Crippen LogP) is 2.54. The van der Waals surface area contributed by atoms with Crippen LogP contribution in [0.25, 0.3) is 0 Å². The fraction of sp³-hybridized carbons (Fsp3) is 0.667. The summed E-state index contributed by atoms with van der Waals surface area (Å²) in [6.07, 6.45) is 1.34. The van der Waals surface area contributed by atoms with Crippen LogP contribution in [0, 0.1) is 0 Å². The second-order valence-corrected chi connectivity index (χ2v) is 4.93. The van der Waals surface area contributed by atoms with E-state index >= 15 is 0 Å². The highest BCUT2D eigenvalue weighted by molar-refractivity contribution is 5.09. The van der Waals surface area contributed by atoms with E-state index in [9.17, 15) is 13.2 Å². The monoisotopic (exact) mass is 275 g/mol. The maximum absolute atomic E-state index is 12.5. The summed E-state index contributed by atoms with van der Waals surface area (Å²) in [4.78, 5) is 7.03. The van der Waals surface area contributed by atoms with Gasteiger partial charge in [-0.25, -0.2) is 4.98 Å². The number of alkyl halides is 3. The molecule has 1 fully saturated rings. The number of hydrogen-bond donors (Lipinski definition) is 1. The van der Waals surface area contributed by atoms with E-state index in [2.05, 4.69) is 9.97 Å². The van der Waals surface area contributed by atoms with E-state index in [4.69, 9.17) is 10.5 Å². The Morgan fingerprint density at radius 2 is 1.95 bits per heavy atom. The lowest BCUT2D eigenvalue weighted by Crippen LogP contribution is -2.47. The highest BCUT2D eigenvalue weighted by atomic mass is 19.4. The molecule has 0 radical (unpaired) electrons. The average molecular weight is 275 g/mol. The van der Waals surface area contributed by atoms with Gasteiger partial charge in [-0.05, 0) is 18.9 Å². The molecule has 106 valence electrons. The Kier molecular flexibility index (Phi) is 3.93. The van der Waals surface area contributed by atoms with E-state index in [1.54, 1.807) is 0 Å². The lowest BCUT2D eigenvalue weighted by atomic mass is 9.83. The van der Waals surface area contributed by atoms with Crippen LogP contribution in [-0.4, -0.2) is 22.1 Å². The van der Waals surface area contributed by atoms with E-state index in [-0.39, 0.29) is 12.6 Å². The first-order valence-electron chi connectivity index (χ1n) is 6.21. The minimum Gasteiger partial charge on any atom is -0.461 e. The van der Waals surface area contributed by atoms with Gasteiger partial charge in [-0.3, -0.25) is 0 Å². The van der Waals surface area contributed by atoms with Crippen LogP contribution in [0.1, 0.15) is 37.8 Å². The third-order valence-electron chi connectivity index (χ3n) is 3.26. The van der Waals surface area contributed by atoms with Gasteiger partial charge >= 0.3 is 12.2 Å². The van der Waals surface area contributed by atoms with Gasteiger partial charge in [0.25, 0.3) is 0 Å². The van der Waals surface area contributed by atoms with Gasteiger partial charge in [0.2, 0.25) is 0 Å². The SMILES string of the molecule is NC1(COc2nccc(C(F)(F)F)n2)CCCCC1. The molecule has 2 N–H and O–H groups in total. The quantitative estimate of drug-likeness (QED) is 0.920. The van der Waals surface area contributed by atoms with Gasteiger partial charge in [-0.2, -0.15) is 18.2 Å². The molecule has 0 aliphatic heterocycles. The molecule has 0 amide bonds. The molecule has 7 heteroatoms. The molecule has 1 aromatic rings. The third-order valence-corrected chi connectivity index (χ3v) is 3.26. The minimum atomic E-state index is -4.49. The van der Waals surface area contributed by atoms with E-state index in [1.807, 2.05) is 0 Å².